The van der Waals surface area contributed by atoms with Gasteiger partial charge in [0.05, 0.1) is 12.7 Å². The molecule has 1 heterocycles. The van der Waals surface area contributed by atoms with Gasteiger partial charge >= 0.3 is 0 Å². The standard InChI is InChI=1S/C20H21N3O2/c21-11-12-23(18-9-5-2-6-10-18)20(24)19-16-22(13-14-25-19)15-17-7-3-1-4-8-17/h1-10,19H,12-16H2/t19-/m1/s1. The van der Waals surface area contributed by atoms with Crippen LogP contribution in [-0.2, 0) is 16.1 Å². The summed E-state index contributed by atoms with van der Waals surface area (Å²) < 4.78 is 5.71. The SMILES string of the molecule is N#CCN(C(=O)[C@H]1CN(Cc2ccccc2)CCO1)c1ccccc1. The average Bonchev–Trinajstić information content (AvgIpc) is 2.67. The van der Waals surface area contributed by atoms with Crippen LogP contribution in [0.15, 0.2) is 60.7 Å². The first-order valence-electron chi connectivity index (χ1n) is 8.39. The second-order valence-electron chi connectivity index (χ2n) is 6.00. The molecule has 1 amide bonds. The molecule has 3 rings (SSSR count). The van der Waals surface area contributed by atoms with Gasteiger partial charge < -0.3 is 4.74 Å². The number of para-hydroxylation sites is 1. The maximum atomic E-state index is 12.9. The zero-order valence-electron chi connectivity index (χ0n) is 14.0. The molecule has 0 spiro atoms. The van der Waals surface area contributed by atoms with E-state index in [-0.39, 0.29) is 12.5 Å². The Kier molecular flexibility index (Phi) is 5.78. The van der Waals surface area contributed by atoms with Crippen LogP contribution in [0.1, 0.15) is 5.56 Å². The molecule has 1 aliphatic heterocycles. The first-order chi connectivity index (χ1) is 12.3. The summed E-state index contributed by atoms with van der Waals surface area (Å²) >= 11 is 0. The van der Waals surface area contributed by atoms with Crippen molar-refractivity contribution in [1.82, 2.24) is 4.90 Å². The van der Waals surface area contributed by atoms with Crippen molar-refractivity contribution >= 4 is 11.6 Å². The number of nitrogens with zero attached hydrogens (tertiary/aromatic N) is 3. The molecule has 5 nitrogen and oxygen atoms in total. The summed E-state index contributed by atoms with van der Waals surface area (Å²) in [5, 5.41) is 9.10. The molecule has 2 aromatic rings. The van der Waals surface area contributed by atoms with Gasteiger partial charge in [0.15, 0.2) is 0 Å². The van der Waals surface area contributed by atoms with Crippen LogP contribution in [0.25, 0.3) is 0 Å². The van der Waals surface area contributed by atoms with Gasteiger partial charge in [0, 0.05) is 25.3 Å². The number of anilines is 1. The Morgan fingerprint density at radius 3 is 2.52 bits per heavy atom. The summed E-state index contributed by atoms with van der Waals surface area (Å²) in [7, 11) is 0. The Labute approximate surface area is 148 Å². The normalized spacial score (nSPS) is 17.6. The molecule has 0 saturated carbocycles. The van der Waals surface area contributed by atoms with Gasteiger partial charge in [0.25, 0.3) is 5.91 Å². The minimum Gasteiger partial charge on any atom is -0.366 e. The zero-order chi connectivity index (χ0) is 17.5. The van der Waals surface area contributed by atoms with Crippen LogP contribution in [-0.4, -0.2) is 43.2 Å². The fourth-order valence-electron chi connectivity index (χ4n) is 2.99. The summed E-state index contributed by atoms with van der Waals surface area (Å²) in [4.78, 5) is 16.6. The molecule has 2 aromatic carbocycles. The Morgan fingerprint density at radius 1 is 1.16 bits per heavy atom. The Hall–Kier alpha value is -2.68. The summed E-state index contributed by atoms with van der Waals surface area (Å²) in [5.74, 6) is -0.162. The molecular formula is C20H21N3O2. The number of ether oxygens (including phenoxy) is 1. The zero-order valence-corrected chi connectivity index (χ0v) is 14.0. The first-order valence-corrected chi connectivity index (χ1v) is 8.39. The fraction of sp³-hybridized carbons (Fsp3) is 0.300. The van der Waals surface area contributed by atoms with E-state index in [0.29, 0.717) is 13.2 Å². The van der Waals surface area contributed by atoms with Crippen LogP contribution in [0.2, 0.25) is 0 Å². The van der Waals surface area contributed by atoms with E-state index in [4.69, 9.17) is 10.00 Å². The van der Waals surface area contributed by atoms with E-state index in [2.05, 4.69) is 23.1 Å². The van der Waals surface area contributed by atoms with E-state index in [0.717, 1.165) is 18.8 Å². The maximum Gasteiger partial charge on any atom is 0.258 e. The lowest BCUT2D eigenvalue weighted by molar-refractivity contribution is -0.135. The first kappa shape index (κ1) is 17.2. The second-order valence-corrected chi connectivity index (χ2v) is 6.00. The molecule has 1 atom stereocenters. The summed E-state index contributed by atoms with van der Waals surface area (Å²) in [5.41, 5.74) is 1.94. The molecule has 1 fully saturated rings. The van der Waals surface area contributed by atoms with Crippen molar-refractivity contribution in [2.24, 2.45) is 0 Å². The summed E-state index contributed by atoms with van der Waals surface area (Å²) in [6, 6.07) is 21.5. The third-order valence-electron chi connectivity index (χ3n) is 4.24. The highest BCUT2D eigenvalue weighted by Gasteiger charge is 2.30. The number of morpholine rings is 1. The molecule has 0 N–H and O–H groups in total. The van der Waals surface area contributed by atoms with E-state index in [1.165, 1.54) is 10.5 Å². The molecule has 0 aromatic heterocycles. The molecule has 1 aliphatic rings. The van der Waals surface area contributed by atoms with Crippen molar-refractivity contribution < 1.29 is 9.53 Å². The largest absolute Gasteiger partial charge is 0.366 e. The Bertz CT molecular complexity index is 728. The third-order valence-corrected chi connectivity index (χ3v) is 4.24. The van der Waals surface area contributed by atoms with E-state index in [1.54, 1.807) is 0 Å². The molecule has 128 valence electrons. The van der Waals surface area contributed by atoms with Crippen molar-refractivity contribution in [3.63, 3.8) is 0 Å². The average molecular weight is 335 g/mol. The van der Waals surface area contributed by atoms with Crippen LogP contribution >= 0.6 is 0 Å². The van der Waals surface area contributed by atoms with E-state index < -0.39 is 6.10 Å². The second kappa shape index (κ2) is 8.43. The summed E-state index contributed by atoms with van der Waals surface area (Å²) in [6.45, 7) is 2.64. The van der Waals surface area contributed by atoms with Crippen LogP contribution in [0.4, 0.5) is 5.69 Å². The van der Waals surface area contributed by atoms with Crippen molar-refractivity contribution in [3.05, 3.63) is 66.2 Å². The van der Waals surface area contributed by atoms with E-state index >= 15 is 0 Å². The smallest absolute Gasteiger partial charge is 0.258 e. The number of carbonyl (C=O) groups excluding carboxylic acids is 1. The van der Waals surface area contributed by atoms with Crippen LogP contribution in [0.5, 0.6) is 0 Å². The topological polar surface area (TPSA) is 56.6 Å². The number of amides is 1. The van der Waals surface area contributed by atoms with Gasteiger partial charge in [-0.2, -0.15) is 5.26 Å². The number of hydrogen-bond acceptors (Lipinski definition) is 4. The van der Waals surface area contributed by atoms with E-state index in [1.807, 2.05) is 48.5 Å². The number of benzene rings is 2. The highest BCUT2D eigenvalue weighted by Crippen LogP contribution is 2.18. The lowest BCUT2D eigenvalue weighted by Gasteiger charge is -2.34. The van der Waals surface area contributed by atoms with Gasteiger partial charge in [0.1, 0.15) is 12.6 Å². The Morgan fingerprint density at radius 2 is 1.84 bits per heavy atom. The van der Waals surface area contributed by atoms with Crippen LogP contribution in [0.3, 0.4) is 0 Å². The van der Waals surface area contributed by atoms with Gasteiger partial charge in [-0.1, -0.05) is 48.5 Å². The maximum absolute atomic E-state index is 12.9. The van der Waals surface area contributed by atoms with Gasteiger partial charge in [-0.05, 0) is 17.7 Å². The van der Waals surface area contributed by atoms with Gasteiger partial charge in [-0.3, -0.25) is 14.6 Å². The predicted octanol–water partition coefficient (Wildman–Crippen LogP) is 2.44. The molecule has 5 heteroatoms. The minimum atomic E-state index is -0.550. The van der Waals surface area contributed by atoms with Crippen molar-refractivity contribution in [3.8, 4) is 6.07 Å². The lowest BCUT2D eigenvalue weighted by atomic mass is 10.1. The van der Waals surface area contributed by atoms with Crippen molar-refractivity contribution in [2.75, 3.05) is 31.1 Å². The number of hydrogen-bond donors (Lipinski definition) is 0. The minimum absolute atomic E-state index is 0.0153. The summed E-state index contributed by atoms with van der Waals surface area (Å²) in [6.07, 6.45) is -0.550. The molecule has 0 radical (unpaired) electrons. The van der Waals surface area contributed by atoms with Crippen LogP contribution < -0.4 is 4.90 Å². The van der Waals surface area contributed by atoms with Gasteiger partial charge in [0.2, 0.25) is 0 Å². The number of carbonyl (C=O) groups is 1. The number of rotatable bonds is 5. The monoisotopic (exact) mass is 335 g/mol. The third kappa shape index (κ3) is 4.44. The van der Waals surface area contributed by atoms with Gasteiger partial charge in [-0.25, -0.2) is 0 Å². The lowest BCUT2D eigenvalue weighted by Crippen LogP contribution is -2.51. The molecule has 0 unspecified atom stereocenters. The van der Waals surface area contributed by atoms with Crippen LogP contribution in [0, 0.1) is 11.3 Å². The highest BCUT2D eigenvalue weighted by atomic mass is 16.5. The van der Waals surface area contributed by atoms with Crippen molar-refractivity contribution in [2.45, 2.75) is 12.6 Å². The molecule has 25 heavy (non-hydrogen) atoms. The highest BCUT2D eigenvalue weighted by molar-refractivity contribution is 5.97. The fourth-order valence-corrected chi connectivity index (χ4v) is 2.99. The quantitative estimate of drug-likeness (QED) is 0.788. The Balaban J connectivity index is 1.69. The number of nitriles is 1. The predicted molar refractivity (Wildman–Crippen MR) is 95.9 cm³/mol. The molecule has 0 bridgehead atoms. The van der Waals surface area contributed by atoms with Crippen molar-refractivity contribution in [1.29, 1.82) is 5.26 Å². The van der Waals surface area contributed by atoms with E-state index in [9.17, 15) is 4.79 Å². The van der Waals surface area contributed by atoms with Gasteiger partial charge in [-0.15, -0.1) is 0 Å². The molecule has 0 aliphatic carbocycles. The molecular weight excluding hydrogens is 314 g/mol. The molecule has 1 saturated heterocycles.